The van der Waals surface area contributed by atoms with Gasteiger partial charge in [0.05, 0.1) is 10.6 Å². The number of aromatic nitrogens is 1. The summed E-state index contributed by atoms with van der Waals surface area (Å²) in [6.45, 7) is 0. The maximum atomic E-state index is 13.7. The van der Waals surface area contributed by atoms with Crippen molar-refractivity contribution in [2.75, 3.05) is 11.6 Å². The van der Waals surface area contributed by atoms with E-state index in [1.54, 1.807) is 0 Å². The normalized spacial score (nSPS) is 11.2. The van der Waals surface area contributed by atoms with Gasteiger partial charge in [-0.05, 0) is 30.3 Å². The van der Waals surface area contributed by atoms with Gasteiger partial charge >= 0.3 is 0 Å². The van der Waals surface area contributed by atoms with Crippen molar-refractivity contribution in [3.8, 4) is 0 Å². The van der Waals surface area contributed by atoms with Crippen LogP contribution in [0.5, 0.6) is 0 Å². The number of anilines is 1. The fourth-order valence-corrected chi connectivity index (χ4v) is 2.35. The van der Waals surface area contributed by atoms with Gasteiger partial charge in [0.1, 0.15) is 11.5 Å². The molecule has 2 rings (SSSR count). The number of rotatable bonds is 3. The molecule has 1 aromatic carbocycles. The molecule has 0 atom stereocenters. The zero-order valence-electron chi connectivity index (χ0n) is 10.8. The molecule has 8 heteroatoms. The van der Waals surface area contributed by atoms with Crippen LogP contribution in [0.3, 0.4) is 0 Å². The predicted molar refractivity (Wildman–Crippen MR) is 76.7 cm³/mol. The Balaban J connectivity index is 2.33. The maximum Gasteiger partial charge on any atom is 0.274 e. The Morgan fingerprint density at radius 1 is 1.29 bits per heavy atom. The fourth-order valence-electron chi connectivity index (χ4n) is 1.55. The van der Waals surface area contributed by atoms with Gasteiger partial charge in [0.25, 0.3) is 5.91 Å². The van der Waals surface area contributed by atoms with Crippen LogP contribution >= 0.6 is 11.6 Å². The number of hydrogen-bond acceptors (Lipinski definition) is 4. The number of amides is 1. The predicted octanol–water partition coefficient (Wildman–Crippen LogP) is 2.53. The van der Waals surface area contributed by atoms with E-state index >= 15 is 0 Å². The van der Waals surface area contributed by atoms with Crippen molar-refractivity contribution in [1.29, 1.82) is 0 Å². The molecule has 5 nitrogen and oxygen atoms in total. The van der Waals surface area contributed by atoms with Gasteiger partial charge in [-0.1, -0.05) is 11.6 Å². The number of halogens is 2. The number of carbonyl (C=O) groups excluding carboxylic acids is 1. The number of carbonyl (C=O) groups is 1. The molecule has 0 saturated heterocycles. The highest BCUT2D eigenvalue weighted by Crippen LogP contribution is 2.20. The zero-order chi connectivity index (χ0) is 15.6. The second kappa shape index (κ2) is 5.79. The summed E-state index contributed by atoms with van der Waals surface area (Å²) in [5.41, 5.74) is -0.253. The van der Waals surface area contributed by atoms with Crippen LogP contribution in [0.1, 0.15) is 10.5 Å². The van der Waals surface area contributed by atoms with E-state index < -0.39 is 21.6 Å². The number of hydrogen-bond donors (Lipinski definition) is 1. The maximum absolute atomic E-state index is 13.7. The van der Waals surface area contributed by atoms with Gasteiger partial charge in [0, 0.05) is 17.5 Å². The standard InChI is InChI=1S/C13H10ClFN2O3S/c1-21(19,20)9-2-3-10(15)11(7-9)17-13(18)12-6-8(14)4-5-16-12/h2-7H,1H3,(H,17,18). The Morgan fingerprint density at radius 2 is 2.00 bits per heavy atom. The number of nitrogens with zero attached hydrogens (tertiary/aromatic N) is 1. The molecule has 0 spiro atoms. The van der Waals surface area contributed by atoms with Crippen molar-refractivity contribution in [3.63, 3.8) is 0 Å². The summed E-state index contributed by atoms with van der Waals surface area (Å²) in [6, 6.07) is 5.95. The third-order valence-corrected chi connectivity index (χ3v) is 3.91. The molecule has 0 aliphatic rings. The zero-order valence-corrected chi connectivity index (χ0v) is 12.4. The Bertz CT molecular complexity index is 809. The third kappa shape index (κ3) is 3.77. The van der Waals surface area contributed by atoms with E-state index in [1.807, 2.05) is 0 Å². The van der Waals surface area contributed by atoms with E-state index in [1.165, 1.54) is 18.3 Å². The monoisotopic (exact) mass is 328 g/mol. The summed E-state index contributed by atoms with van der Waals surface area (Å²) in [5, 5.41) is 2.57. The minimum atomic E-state index is -3.50. The highest BCUT2D eigenvalue weighted by atomic mass is 35.5. The largest absolute Gasteiger partial charge is 0.318 e. The van der Waals surface area contributed by atoms with Crippen LogP contribution in [0, 0.1) is 5.82 Å². The lowest BCUT2D eigenvalue weighted by Crippen LogP contribution is -2.15. The lowest BCUT2D eigenvalue weighted by Gasteiger charge is -2.08. The van der Waals surface area contributed by atoms with Crippen molar-refractivity contribution >= 4 is 33.0 Å². The summed E-state index contributed by atoms with van der Waals surface area (Å²) >= 11 is 5.73. The molecule has 1 heterocycles. The van der Waals surface area contributed by atoms with Crippen LogP contribution in [0.25, 0.3) is 0 Å². The van der Waals surface area contributed by atoms with Crippen molar-refractivity contribution in [2.24, 2.45) is 0 Å². The van der Waals surface area contributed by atoms with E-state index in [9.17, 15) is 17.6 Å². The number of sulfone groups is 1. The highest BCUT2D eigenvalue weighted by Gasteiger charge is 2.14. The molecular formula is C13H10ClFN2O3S. The van der Waals surface area contributed by atoms with Gasteiger partial charge in [-0.25, -0.2) is 12.8 Å². The van der Waals surface area contributed by atoms with Gasteiger partial charge < -0.3 is 5.32 Å². The van der Waals surface area contributed by atoms with Crippen molar-refractivity contribution < 1.29 is 17.6 Å². The van der Waals surface area contributed by atoms with Crippen LogP contribution in [0.15, 0.2) is 41.4 Å². The number of pyridine rings is 1. The number of benzene rings is 1. The van der Waals surface area contributed by atoms with Crippen LogP contribution in [-0.2, 0) is 9.84 Å². The SMILES string of the molecule is CS(=O)(=O)c1ccc(F)c(NC(=O)c2cc(Cl)ccn2)c1. The molecule has 2 aromatic rings. The van der Waals surface area contributed by atoms with Gasteiger partial charge in [-0.3, -0.25) is 9.78 Å². The Labute approximate surface area is 125 Å². The van der Waals surface area contributed by atoms with E-state index in [0.717, 1.165) is 24.5 Å². The Kier molecular flexibility index (Phi) is 4.24. The van der Waals surface area contributed by atoms with Crippen molar-refractivity contribution in [3.05, 3.63) is 53.1 Å². The molecule has 1 N–H and O–H groups in total. The smallest absolute Gasteiger partial charge is 0.274 e. The lowest BCUT2D eigenvalue weighted by molar-refractivity contribution is 0.102. The van der Waals surface area contributed by atoms with E-state index in [0.29, 0.717) is 5.02 Å². The van der Waals surface area contributed by atoms with Crippen LogP contribution in [0.4, 0.5) is 10.1 Å². The first kappa shape index (κ1) is 15.4. The Hall–Kier alpha value is -1.99. The molecule has 0 aliphatic carbocycles. The highest BCUT2D eigenvalue weighted by molar-refractivity contribution is 7.90. The van der Waals surface area contributed by atoms with Crippen LogP contribution in [0.2, 0.25) is 5.02 Å². The molecule has 1 amide bonds. The molecule has 1 aromatic heterocycles. The quantitative estimate of drug-likeness (QED) is 0.878. The van der Waals surface area contributed by atoms with E-state index in [4.69, 9.17) is 11.6 Å². The molecule has 0 unspecified atom stereocenters. The molecule has 110 valence electrons. The molecule has 0 bridgehead atoms. The third-order valence-electron chi connectivity index (χ3n) is 2.57. The van der Waals surface area contributed by atoms with Gasteiger partial charge in [-0.15, -0.1) is 0 Å². The first-order valence-electron chi connectivity index (χ1n) is 5.70. The lowest BCUT2D eigenvalue weighted by atomic mass is 10.3. The van der Waals surface area contributed by atoms with E-state index in [-0.39, 0.29) is 16.3 Å². The van der Waals surface area contributed by atoms with Gasteiger partial charge in [-0.2, -0.15) is 0 Å². The molecular weight excluding hydrogens is 319 g/mol. The topological polar surface area (TPSA) is 76.1 Å². The molecule has 0 radical (unpaired) electrons. The molecule has 21 heavy (non-hydrogen) atoms. The van der Waals surface area contributed by atoms with E-state index in [2.05, 4.69) is 10.3 Å². The van der Waals surface area contributed by atoms with Gasteiger partial charge in [0.2, 0.25) is 0 Å². The summed E-state index contributed by atoms with van der Waals surface area (Å²) < 4.78 is 36.5. The van der Waals surface area contributed by atoms with Crippen LogP contribution < -0.4 is 5.32 Å². The fraction of sp³-hybridized carbons (Fsp3) is 0.0769. The van der Waals surface area contributed by atoms with Gasteiger partial charge in [0.15, 0.2) is 9.84 Å². The molecule has 0 saturated carbocycles. The molecule has 0 fully saturated rings. The first-order valence-corrected chi connectivity index (χ1v) is 7.97. The van der Waals surface area contributed by atoms with Crippen molar-refractivity contribution in [2.45, 2.75) is 4.90 Å². The summed E-state index contributed by atoms with van der Waals surface area (Å²) in [7, 11) is -3.50. The minimum absolute atomic E-state index is 0.00772. The summed E-state index contributed by atoms with van der Waals surface area (Å²) in [5.74, 6) is -1.44. The summed E-state index contributed by atoms with van der Waals surface area (Å²) in [4.78, 5) is 15.6. The molecule has 0 aliphatic heterocycles. The Morgan fingerprint density at radius 3 is 2.62 bits per heavy atom. The summed E-state index contributed by atoms with van der Waals surface area (Å²) in [6.07, 6.45) is 2.32. The van der Waals surface area contributed by atoms with Crippen molar-refractivity contribution in [1.82, 2.24) is 4.98 Å². The number of nitrogens with one attached hydrogen (secondary N) is 1. The average molecular weight is 329 g/mol. The second-order valence-electron chi connectivity index (χ2n) is 4.23. The average Bonchev–Trinajstić information content (AvgIpc) is 2.40. The minimum Gasteiger partial charge on any atom is -0.318 e. The van der Waals surface area contributed by atoms with Crippen LogP contribution in [-0.4, -0.2) is 25.6 Å². The first-order chi connectivity index (χ1) is 9.77. The second-order valence-corrected chi connectivity index (χ2v) is 6.68.